The van der Waals surface area contributed by atoms with Crippen LogP contribution in [0.5, 0.6) is 0 Å². The topological polar surface area (TPSA) is 173 Å². The number of rotatable bonds is 4. The zero-order valence-electron chi connectivity index (χ0n) is 10.8. The number of tetrazole rings is 1. The van der Waals surface area contributed by atoms with E-state index in [4.69, 9.17) is 0 Å². The predicted octanol–water partition coefficient (Wildman–Crippen LogP) is -0.454. The molecule has 13 nitrogen and oxygen atoms in total. The van der Waals surface area contributed by atoms with Crippen molar-refractivity contribution in [3.05, 3.63) is 42.2 Å². The molecular formula is C8H9N7O6. The van der Waals surface area contributed by atoms with E-state index in [0.717, 1.165) is 10.8 Å². The van der Waals surface area contributed by atoms with Crippen LogP contribution in [0.2, 0.25) is 0 Å². The maximum atomic E-state index is 11.2. The van der Waals surface area contributed by atoms with E-state index >= 15 is 0 Å². The number of nitro groups is 3. The van der Waals surface area contributed by atoms with Crippen molar-refractivity contribution in [3.63, 3.8) is 0 Å². The van der Waals surface area contributed by atoms with Crippen LogP contribution in [-0.2, 0) is 0 Å². The number of nitrogens with zero attached hydrogens (tertiary/aromatic N) is 7. The second kappa shape index (κ2) is 4.53. The summed E-state index contributed by atoms with van der Waals surface area (Å²) < 4.78 is 0.772. The first-order valence-corrected chi connectivity index (χ1v) is 5.60. The third-order valence-electron chi connectivity index (χ3n) is 3.27. The van der Waals surface area contributed by atoms with Crippen molar-refractivity contribution >= 4 is 5.70 Å². The van der Waals surface area contributed by atoms with Crippen molar-refractivity contribution in [2.24, 2.45) is 0 Å². The second-order valence-corrected chi connectivity index (χ2v) is 4.89. The molecule has 0 fully saturated rings. The van der Waals surface area contributed by atoms with Gasteiger partial charge >= 0.3 is 5.70 Å². The highest BCUT2D eigenvalue weighted by Gasteiger charge is 2.57. The van der Waals surface area contributed by atoms with Crippen molar-refractivity contribution in [1.82, 2.24) is 20.2 Å². The van der Waals surface area contributed by atoms with Crippen LogP contribution >= 0.6 is 0 Å². The Morgan fingerprint density at radius 3 is 2.33 bits per heavy atom. The van der Waals surface area contributed by atoms with E-state index in [-0.39, 0.29) is 5.82 Å². The Kier molecular flexibility index (Phi) is 3.11. The fourth-order valence-corrected chi connectivity index (χ4v) is 2.17. The van der Waals surface area contributed by atoms with Crippen LogP contribution in [0.3, 0.4) is 0 Å². The molecule has 21 heavy (non-hydrogen) atoms. The molecule has 0 amide bonds. The van der Waals surface area contributed by atoms with E-state index in [0.29, 0.717) is 0 Å². The van der Waals surface area contributed by atoms with Crippen molar-refractivity contribution in [2.75, 3.05) is 0 Å². The summed E-state index contributed by atoms with van der Waals surface area (Å²) in [6, 6.07) is -3.09. The molecule has 0 radical (unpaired) electrons. The van der Waals surface area contributed by atoms with Crippen LogP contribution in [0.4, 0.5) is 0 Å². The first-order valence-electron chi connectivity index (χ1n) is 5.60. The average Bonchev–Trinajstić information content (AvgIpc) is 2.84. The van der Waals surface area contributed by atoms with Gasteiger partial charge in [0.2, 0.25) is 5.54 Å². The number of hydrogen-bond donors (Lipinski definition) is 0. The summed E-state index contributed by atoms with van der Waals surface area (Å²) in [5, 5.41) is 43.4. The Labute approximate surface area is 115 Å². The Bertz CT molecular complexity index is 664. The highest BCUT2D eigenvalue weighted by molar-refractivity contribution is 5.54. The van der Waals surface area contributed by atoms with Gasteiger partial charge < -0.3 is 0 Å². The normalized spacial score (nSPS) is 21.3. The maximum Gasteiger partial charge on any atom is 0.318 e. The lowest BCUT2D eigenvalue weighted by Gasteiger charge is -2.29. The van der Waals surface area contributed by atoms with E-state index < -0.39 is 38.1 Å². The Hall–Kier alpha value is -2.99. The zero-order valence-corrected chi connectivity index (χ0v) is 10.8. The molecule has 13 heteroatoms. The second-order valence-electron chi connectivity index (χ2n) is 4.89. The largest absolute Gasteiger partial charge is 0.318 e. The van der Waals surface area contributed by atoms with Crippen LogP contribution in [0.1, 0.15) is 25.7 Å². The van der Waals surface area contributed by atoms with Gasteiger partial charge in [-0.05, 0) is 10.4 Å². The van der Waals surface area contributed by atoms with Gasteiger partial charge in [-0.15, -0.1) is 5.10 Å². The lowest BCUT2D eigenvalue weighted by atomic mass is 9.87. The molecule has 1 aliphatic rings. The van der Waals surface area contributed by atoms with E-state index in [9.17, 15) is 30.3 Å². The van der Waals surface area contributed by atoms with Gasteiger partial charge in [-0.25, -0.2) is 4.68 Å². The van der Waals surface area contributed by atoms with Crippen molar-refractivity contribution in [2.45, 2.75) is 31.5 Å². The molecule has 0 N–H and O–H groups in total. The summed E-state index contributed by atoms with van der Waals surface area (Å²) >= 11 is 0. The quantitative estimate of drug-likeness (QED) is 0.526. The van der Waals surface area contributed by atoms with Crippen LogP contribution < -0.4 is 0 Å². The molecule has 2 heterocycles. The Morgan fingerprint density at radius 2 is 1.86 bits per heavy atom. The standard InChI is InChI=1S/C8H9N7O6/c1-8(2,15(20)21)6-4(13(16)17)3-5(14(18)19)7-9-10-11-12(6)7/h3-4,6H,1-2H3. The molecule has 1 aromatic rings. The van der Waals surface area contributed by atoms with Gasteiger partial charge in [0.15, 0.2) is 6.04 Å². The summed E-state index contributed by atoms with van der Waals surface area (Å²) in [7, 11) is 0. The van der Waals surface area contributed by atoms with Gasteiger partial charge in [-0.1, -0.05) is 0 Å². The Morgan fingerprint density at radius 1 is 1.24 bits per heavy atom. The fraction of sp³-hybridized carbons (Fsp3) is 0.625. The fourth-order valence-electron chi connectivity index (χ4n) is 2.17. The molecule has 2 rings (SSSR count). The SMILES string of the molecule is CC(C)(C1C([N+](=O)[O-])C=C([N+](=O)[O-])c2nnnn21)[N+](=O)[O-]. The molecular weight excluding hydrogens is 290 g/mol. The minimum absolute atomic E-state index is 0.349. The molecule has 1 aliphatic heterocycles. The summed E-state index contributed by atoms with van der Waals surface area (Å²) in [5.41, 5.74) is -2.46. The third kappa shape index (κ3) is 2.07. The van der Waals surface area contributed by atoms with E-state index in [2.05, 4.69) is 15.5 Å². The van der Waals surface area contributed by atoms with E-state index in [1.165, 1.54) is 13.8 Å². The molecule has 2 atom stereocenters. The number of hydrogen-bond acceptors (Lipinski definition) is 9. The summed E-state index contributed by atoms with van der Waals surface area (Å²) in [6.45, 7) is 2.34. The van der Waals surface area contributed by atoms with Gasteiger partial charge in [0.05, 0.1) is 11.0 Å². The predicted molar refractivity (Wildman–Crippen MR) is 63.7 cm³/mol. The molecule has 0 spiro atoms. The van der Waals surface area contributed by atoms with E-state index in [1.807, 2.05) is 0 Å². The summed E-state index contributed by atoms with van der Waals surface area (Å²) in [4.78, 5) is 30.9. The van der Waals surface area contributed by atoms with Gasteiger partial charge in [0, 0.05) is 23.7 Å². The molecule has 112 valence electrons. The minimum Gasteiger partial charge on any atom is -0.264 e. The van der Waals surface area contributed by atoms with E-state index in [1.54, 1.807) is 0 Å². The first kappa shape index (κ1) is 14.4. The smallest absolute Gasteiger partial charge is 0.264 e. The van der Waals surface area contributed by atoms with Crippen LogP contribution in [0.15, 0.2) is 6.08 Å². The number of fused-ring (bicyclic) bond motifs is 1. The van der Waals surface area contributed by atoms with Gasteiger partial charge in [0.1, 0.15) is 0 Å². The molecule has 0 saturated heterocycles. The molecule has 2 unspecified atom stereocenters. The molecule has 0 aliphatic carbocycles. The minimum atomic E-state index is -1.81. The molecule has 0 aromatic carbocycles. The highest BCUT2D eigenvalue weighted by Crippen LogP contribution is 2.36. The third-order valence-corrected chi connectivity index (χ3v) is 3.27. The van der Waals surface area contributed by atoms with Crippen LogP contribution in [0.25, 0.3) is 5.70 Å². The van der Waals surface area contributed by atoms with Crippen molar-refractivity contribution in [1.29, 1.82) is 0 Å². The van der Waals surface area contributed by atoms with Crippen molar-refractivity contribution < 1.29 is 14.8 Å². The Balaban J connectivity index is 2.69. The molecule has 0 saturated carbocycles. The van der Waals surface area contributed by atoms with Gasteiger partial charge in [0.25, 0.3) is 11.9 Å². The summed E-state index contributed by atoms with van der Waals surface area (Å²) in [6.07, 6.45) is 0.738. The van der Waals surface area contributed by atoms with Crippen LogP contribution in [0, 0.1) is 30.3 Å². The van der Waals surface area contributed by atoms with Gasteiger partial charge in [-0.2, -0.15) is 0 Å². The highest BCUT2D eigenvalue weighted by atomic mass is 16.6. The maximum absolute atomic E-state index is 11.2. The lowest BCUT2D eigenvalue weighted by Crippen LogP contribution is -2.51. The van der Waals surface area contributed by atoms with Crippen molar-refractivity contribution in [3.8, 4) is 0 Å². The van der Waals surface area contributed by atoms with Gasteiger partial charge in [-0.3, -0.25) is 30.3 Å². The monoisotopic (exact) mass is 299 g/mol. The lowest BCUT2D eigenvalue weighted by molar-refractivity contribution is -0.594. The average molecular weight is 299 g/mol. The first-order chi connectivity index (χ1) is 9.67. The number of aromatic nitrogens is 4. The summed E-state index contributed by atoms with van der Waals surface area (Å²) in [5.74, 6) is -0.349. The molecule has 0 bridgehead atoms. The molecule has 1 aromatic heterocycles. The zero-order chi connectivity index (χ0) is 15.9. The van der Waals surface area contributed by atoms with Crippen LogP contribution in [-0.4, -0.2) is 46.6 Å².